The van der Waals surface area contributed by atoms with Gasteiger partial charge in [-0.25, -0.2) is 27.4 Å². The van der Waals surface area contributed by atoms with E-state index in [1.807, 2.05) is 0 Å². The Morgan fingerprint density at radius 2 is 0.378 bits per heavy atom. The third-order valence-corrected chi connectivity index (χ3v) is 6.61. The first kappa shape index (κ1) is 38.5. The Bertz CT molecular complexity index is 824. The first-order chi connectivity index (χ1) is 15.6. The SMILES string of the molecule is O=P(O)(O)O[C@H]1[C@H](OP(=O)(O)O)[C@@H](OP(=O)(O)O)[C@H](OP(=O)(O)O)[C@@H](OP(=O)(O)O)[C@H]1OP(=O)(O)O.[Zr]. The summed E-state index contributed by atoms with van der Waals surface area (Å²) in [6.45, 7) is 0. The molecule has 1 saturated carbocycles. The number of rotatable bonds is 12. The maximum atomic E-state index is 11.4. The van der Waals surface area contributed by atoms with Crippen molar-refractivity contribution in [2.24, 2.45) is 0 Å². The molecule has 1 rings (SSSR count). The molecule has 0 amide bonds. The van der Waals surface area contributed by atoms with Crippen LogP contribution in [-0.4, -0.2) is 95.3 Å². The van der Waals surface area contributed by atoms with E-state index < -0.39 is 83.6 Å². The molecule has 37 heavy (non-hydrogen) atoms. The molecule has 0 bridgehead atoms. The summed E-state index contributed by atoms with van der Waals surface area (Å²) in [7, 11) is -36.1. The molecular weight excluding hydrogens is 733 g/mol. The minimum absolute atomic E-state index is 0. The van der Waals surface area contributed by atoms with E-state index in [9.17, 15) is 27.4 Å². The van der Waals surface area contributed by atoms with Crippen LogP contribution in [0.1, 0.15) is 0 Å². The van der Waals surface area contributed by atoms with Crippen LogP contribution in [0.25, 0.3) is 0 Å². The Morgan fingerprint density at radius 1 is 0.297 bits per heavy atom. The third-order valence-electron chi connectivity index (χ3n) is 3.50. The molecule has 0 heterocycles. The Hall–Kier alpha value is 1.54. The summed E-state index contributed by atoms with van der Waals surface area (Å²) >= 11 is 0. The molecule has 0 aliphatic heterocycles. The van der Waals surface area contributed by atoms with Gasteiger partial charge in [-0.05, 0) is 0 Å². The van der Waals surface area contributed by atoms with Gasteiger partial charge < -0.3 is 58.7 Å². The Kier molecular flexibility index (Phi) is 13.8. The second kappa shape index (κ2) is 13.2. The van der Waals surface area contributed by atoms with Gasteiger partial charge >= 0.3 is 46.9 Å². The fourth-order valence-electron chi connectivity index (χ4n) is 2.79. The van der Waals surface area contributed by atoms with E-state index in [1.54, 1.807) is 0 Å². The van der Waals surface area contributed by atoms with E-state index in [-0.39, 0.29) is 26.2 Å². The Labute approximate surface area is 222 Å². The van der Waals surface area contributed by atoms with Gasteiger partial charge in [0.1, 0.15) is 36.6 Å². The second-order valence-corrected chi connectivity index (χ2v) is 13.5. The minimum Gasteiger partial charge on any atom is -0.303 e. The third kappa shape index (κ3) is 15.4. The fourth-order valence-corrected chi connectivity index (χ4v) is 6.14. The Morgan fingerprint density at radius 3 is 0.432 bits per heavy atom. The summed E-state index contributed by atoms with van der Waals surface area (Å²) in [6.07, 6.45) is -18.9. The molecule has 31 heteroatoms. The monoisotopic (exact) mass is 750 g/mol. The quantitative estimate of drug-likeness (QED) is 0.0877. The van der Waals surface area contributed by atoms with Gasteiger partial charge in [-0.3, -0.25) is 27.1 Å². The van der Waals surface area contributed by atoms with Crippen LogP contribution in [0.5, 0.6) is 0 Å². The molecule has 0 radical (unpaired) electrons. The van der Waals surface area contributed by atoms with Crippen molar-refractivity contribution in [2.75, 3.05) is 0 Å². The summed E-state index contributed by atoms with van der Waals surface area (Å²) in [4.78, 5) is 110. The van der Waals surface area contributed by atoms with Crippen LogP contribution in [-0.2, 0) is 80.7 Å². The van der Waals surface area contributed by atoms with Crippen molar-refractivity contribution in [1.82, 2.24) is 0 Å². The fraction of sp³-hybridized carbons (Fsp3) is 1.00. The van der Waals surface area contributed by atoms with Crippen molar-refractivity contribution < 1.29 is 139 Å². The molecule has 0 aromatic rings. The summed E-state index contributed by atoms with van der Waals surface area (Å²) in [6, 6.07) is 0. The van der Waals surface area contributed by atoms with Crippen molar-refractivity contribution in [3.05, 3.63) is 0 Å². The first-order valence-electron chi connectivity index (χ1n) is 8.01. The van der Waals surface area contributed by atoms with Gasteiger partial charge in [0.15, 0.2) is 0 Å². The van der Waals surface area contributed by atoms with Crippen LogP contribution in [0.3, 0.4) is 0 Å². The van der Waals surface area contributed by atoms with Crippen LogP contribution in [0, 0.1) is 0 Å². The van der Waals surface area contributed by atoms with Gasteiger partial charge in [0, 0.05) is 26.2 Å². The van der Waals surface area contributed by atoms with Crippen LogP contribution >= 0.6 is 46.9 Å². The van der Waals surface area contributed by atoms with Crippen molar-refractivity contribution >= 4 is 46.9 Å². The standard InChI is InChI=1S/C6H18O24P6.Zr/c7-31(8,9)25-1-2(26-32(10,11)12)4(28-34(16,17)18)6(30-36(22,23)24)5(29-35(19,20)21)3(1)27-33(13,14)15;/h1-6H,(H2,7,8,9)(H2,10,11,12)(H2,13,14,15)(H2,16,17,18)(H2,19,20,21)(H2,22,23,24);/t1-,2-,3-,4+,5-,6-;. The molecule has 0 aromatic carbocycles. The van der Waals surface area contributed by atoms with E-state index in [0.29, 0.717) is 0 Å². The van der Waals surface area contributed by atoms with Gasteiger partial charge in [-0.15, -0.1) is 0 Å². The summed E-state index contributed by atoms with van der Waals surface area (Å²) in [5, 5.41) is 0. The molecule has 0 saturated heterocycles. The van der Waals surface area contributed by atoms with Gasteiger partial charge in [0.05, 0.1) is 0 Å². The molecule has 0 unspecified atom stereocenters. The van der Waals surface area contributed by atoms with Crippen molar-refractivity contribution in [3.8, 4) is 0 Å². The zero-order chi connectivity index (χ0) is 28.7. The smallest absolute Gasteiger partial charge is 0.303 e. The summed E-state index contributed by atoms with van der Waals surface area (Å²) < 4.78 is 93.1. The number of phosphoric ester groups is 6. The number of phosphoric acid groups is 6. The van der Waals surface area contributed by atoms with Crippen LogP contribution in [0.4, 0.5) is 0 Å². The molecule has 0 spiro atoms. The topological polar surface area (TPSA) is 401 Å². The van der Waals surface area contributed by atoms with E-state index >= 15 is 0 Å². The predicted molar refractivity (Wildman–Crippen MR) is 102 cm³/mol. The number of hydrogen-bond acceptors (Lipinski definition) is 12. The molecule has 24 nitrogen and oxygen atoms in total. The molecule has 0 atom stereocenters. The van der Waals surface area contributed by atoms with E-state index in [1.165, 1.54) is 0 Å². The molecule has 0 aromatic heterocycles. The minimum atomic E-state index is -6.02. The molecule has 1 aliphatic carbocycles. The molecule has 1 fully saturated rings. The van der Waals surface area contributed by atoms with Crippen LogP contribution in [0.2, 0.25) is 0 Å². The molecular formula is C6H18O24P6Zr. The average molecular weight is 751 g/mol. The van der Waals surface area contributed by atoms with Crippen LogP contribution < -0.4 is 0 Å². The van der Waals surface area contributed by atoms with Gasteiger partial charge in [-0.1, -0.05) is 0 Å². The van der Waals surface area contributed by atoms with E-state index in [2.05, 4.69) is 27.1 Å². The Balaban J connectivity index is 0.0000130. The zero-order valence-corrected chi connectivity index (χ0v) is 24.7. The maximum Gasteiger partial charge on any atom is 0.470 e. The van der Waals surface area contributed by atoms with Crippen molar-refractivity contribution in [3.63, 3.8) is 0 Å². The predicted octanol–water partition coefficient (Wildman–Crippen LogP) is -3.14. The normalized spacial score (nSPS) is 28.5. The van der Waals surface area contributed by atoms with Gasteiger partial charge in [-0.2, -0.15) is 0 Å². The average Bonchev–Trinajstić information content (AvgIpc) is 2.51. The van der Waals surface area contributed by atoms with Gasteiger partial charge in [0.2, 0.25) is 0 Å². The molecule has 1 aliphatic rings. The largest absolute Gasteiger partial charge is 0.470 e. The van der Waals surface area contributed by atoms with E-state index in [4.69, 9.17) is 58.7 Å². The number of hydrogen-bond donors (Lipinski definition) is 12. The molecule has 220 valence electrons. The van der Waals surface area contributed by atoms with Crippen molar-refractivity contribution in [2.45, 2.75) is 36.6 Å². The second-order valence-electron chi connectivity index (χ2n) is 6.36. The first-order valence-corrected chi connectivity index (χ1v) is 17.2. The molecule has 12 N–H and O–H groups in total. The van der Waals surface area contributed by atoms with E-state index in [0.717, 1.165) is 0 Å². The van der Waals surface area contributed by atoms with Crippen LogP contribution in [0.15, 0.2) is 0 Å². The summed E-state index contributed by atoms with van der Waals surface area (Å²) in [5.74, 6) is 0. The summed E-state index contributed by atoms with van der Waals surface area (Å²) in [5.41, 5.74) is 0. The van der Waals surface area contributed by atoms with Crippen molar-refractivity contribution in [1.29, 1.82) is 0 Å². The van der Waals surface area contributed by atoms with Gasteiger partial charge in [0.25, 0.3) is 0 Å². The zero-order valence-electron chi connectivity index (χ0n) is 16.9. The maximum absolute atomic E-state index is 11.4.